The number of likely N-dealkylation sites (tertiary alicyclic amines) is 1. The fourth-order valence-electron chi connectivity index (χ4n) is 2.32. The molecule has 0 aliphatic carbocycles. The monoisotopic (exact) mass is 265 g/mol. The van der Waals surface area contributed by atoms with Crippen LogP contribution in [0.1, 0.15) is 23.2 Å². The van der Waals surface area contributed by atoms with Gasteiger partial charge in [0.2, 0.25) is 0 Å². The second-order valence-electron chi connectivity index (χ2n) is 5.01. The van der Waals surface area contributed by atoms with Crippen LogP contribution in [0.5, 0.6) is 0 Å². The number of amides is 1. The van der Waals surface area contributed by atoms with Crippen molar-refractivity contribution in [1.82, 2.24) is 9.80 Å². The second-order valence-corrected chi connectivity index (χ2v) is 5.01. The van der Waals surface area contributed by atoms with Gasteiger partial charge < -0.3 is 15.5 Å². The molecule has 104 valence electrons. The third-order valence-corrected chi connectivity index (χ3v) is 3.54. The third kappa shape index (κ3) is 3.44. The van der Waals surface area contributed by atoms with Crippen LogP contribution in [0.3, 0.4) is 0 Å². The molecule has 0 aromatic heterocycles. The van der Waals surface area contributed by atoms with Crippen LogP contribution >= 0.6 is 0 Å². The molecule has 1 amide bonds. The summed E-state index contributed by atoms with van der Waals surface area (Å²) in [6.45, 7) is 3.69. The van der Waals surface area contributed by atoms with E-state index in [-0.39, 0.29) is 11.5 Å². The Morgan fingerprint density at radius 3 is 2.79 bits per heavy atom. The summed E-state index contributed by atoms with van der Waals surface area (Å²) in [5.41, 5.74) is 6.28. The maximum Gasteiger partial charge on any atom is 0.255 e. The molecule has 2 rings (SSSR count). The number of benzene rings is 1. The maximum atomic E-state index is 13.2. The Labute approximate surface area is 113 Å². The van der Waals surface area contributed by atoms with Crippen LogP contribution in [-0.2, 0) is 0 Å². The van der Waals surface area contributed by atoms with Crippen LogP contribution in [0.2, 0.25) is 0 Å². The molecule has 2 N–H and O–H groups in total. The summed E-state index contributed by atoms with van der Waals surface area (Å²) in [6.07, 6.45) is 2.46. The number of halogens is 1. The summed E-state index contributed by atoms with van der Waals surface area (Å²) in [5.74, 6) is -0.665. The third-order valence-electron chi connectivity index (χ3n) is 3.54. The number of nitrogens with two attached hydrogens (primary N) is 1. The Balaban J connectivity index is 1.95. The SMILES string of the molecule is CN(CCN1CCCC1)C(=O)c1cc(F)ccc1N. The number of hydrogen-bond donors (Lipinski definition) is 1. The van der Waals surface area contributed by atoms with Crippen molar-refractivity contribution in [3.8, 4) is 0 Å². The first kappa shape index (κ1) is 13.8. The molecule has 1 fully saturated rings. The molecule has 4 nitrogen and oxygen atoms in total. The van der Waals surface area contributed by atoms with Gasteiger partial charge in [0.05, 0.1) is 5.56 Å². The Hall–Kier alpha value is -1.62. The first-order valence-corrected chi connectivity index (χ1v) is 6.61. The molecule has 0 spiro atoms. The lowest BCUT2D eigenvalue weighted by Crippen LogP contribution is -2.35. The van der Waals surface area contributed by atoms with Crippen molar-refractivity contribution in [2.45, 2.75) is 12.8 Å². The molecule has 1 aliphatic rings. The van der Waals surface area contributed by atoms with Crippen LogP contribution in [-0.4, -0.2) is 48.9 Å². The van der Waals surface area contributed by atoms with Gasteiger partial charge in [0.25, 0.3) is 5.91 Å². The molecule has 1 saturated heterocycles. The van der Waals surface area contributed by atoms with E-state index in [0.29, 0.717) is 12.2 Å². The van der Waals surface area contributed by atoms with Gasteiger partial charge in [0.1, 0.15) is 5.82 Å². The first-order valence-electron chi connectivity index (χ1n) is 6.61. The Kier molecular flexibility index (Phi) is 4.37. The standard InChI is InChI=1S/C14H20FN3O/c1-17(8-9-18-6-2-3-7-18)14(19)12-10-11(15)4-5-13(12)16/h4-5,10H,2-3,6-9,16H2,1H3. The van der Waals surface area contributed by atoms with Crippen LogP contribution in [0.15, 0.2) is 18.2 Å². The van der Waals surface area contributed by atoms with E-state index < -0.39 is 5.82 Å². The number of likely N-dealkylation sites (N-methyl/N-ethyl adjacent to an activating group) is 1. The molecule has 0 atom stereocenters. The average molecular weight is 265 g/mol. The summed E-state index contributed by atoms with van der Waals surface area (Å²) in [7, 11) is 1.72. The van der Waals surface area contributed by atoms with Crippen LogP contribution in [0.4, 0.5) is 10.1 Å². The molecule has 0 saturated carbocycles. The van der Waals surface area contributed by atoms with E-state index in [0.717, 1.165) is 19.6 Å². The van der Waals surface area contributed by atoms with Gasteiger partial charge in [-0.25, -0.2) is 4.39 Å². The van der Waals surface area contributed by atoms with E-state index in [9.17, 15) is 9.18 Å². The molecule has 1 aliphatic heterocycles. The van der Waals surface area contributed by atoms with Crippen molar-refractivity contribution >= 4 is 11.6 Å². The lowest BCUT2D eigenvalue weighted by Gasteiger charge is -2.22. The minimum absolute atomic E-state index is 0.226. The molecule has 5 heteroatoms. The lowest BCUT2D eigenvalue weighted by atomic mass is 10.1. The number of nitrogens with zero attached hydrogens (tertiary/aromatic N) is 2. The molecule has 0 unspecified atom stereocenters. The van der Waals surface area contributed by atoms with Crippen molar-refractivity contribution in [3.05, 3.63) is 29.6 Å². The number of carbonyl (C=O) groups excluding carboxylic acids is 1. The summed E-state index contributed by atoms with van der Waals surface area (Å²) in [6, 6.07) is 3.89. The molecule has 1 aromatic rings. The second kappa shape index (κ2) is 6.02. The highest BCUT2D eigenvalue weighted by atomic mass is 19.1. The van der Waals surface area contributed by atoms with Gasteiger partial charge in [-0.15, -0.1) is 0 Å². The van der Waals surface area contributed by atoms with Crippen LogP contribution in [0, 0.1) is 5.82 Å². The quantitative estimate of drug-likeness (QED) is 0.841. The minimum Gasteiger partial charge on any atom is -0.398 e. The zero-order valence-electron chi connectivity index (χ0n) is 11.2. The van der Waals surface area contributed by atoms with Crippen LogP contribution in [0.25, 0.3) is 0 Å². The Morgan fingerprint density at radius 2 is 2.11 bits per heavy atom. The lowest BCUT2D eigenvalue weighted by molar-refractivity contribution is 0.0783. The van der Waals surface area contributed by atoms with E-state index in [1.54, 1.807) is 11.9 Å². The number of rotatable bonds is 4. The van der Waals surface area contributed by atoms with E-state index in [2.05, 4.69) is 4.90 Å². The average Bonchev–Trinajstić information content (AvgIpc) is 2.91. The summed E-state index contributed by atoms with van der Waals surface area (Å²) < 4.78 is 13.2. The topological polar surface area (TPSA) is 49.6 Å². The predicted molar refractivity (Wildman–Crippen MR) is 73.4 cm³/mol. The zero-order chi connectivity index (χ0) is 13.8. The van der Waals surface area contributed by atoms with Gasteiger partial charge in [0.15, 0.2) is 0 Å². The normalized spacial score (nSPS) is 15.7. The fraction of sp³-hybridized carbons (Fsp3) is 0.500. The number of carbonyl (C=O) groups is 1. The molecular weight excluding hydrogens is 245 g/mol. The van der Waals surface area contributed by atoms with Crippen molar-refractivity contribution in [1.29, 1.82) is 0 Å². The van der Waals surface area contributed by atoms with Gasteiger partial charge in [-0.1, -0.05) is 0 Å². The van der Waals surface area contributed by atoms with Crippen LogP contribution < -0.4 is 5.73 Å². The highest BCUT2D eigenvalue weighted by Gasteiger charge is 2.17. The highest BCUT2D eigenvalue weighted by Crippen LogP contribution is 2.15. The van der Waals surface area contributed by atoms with Crippen molar-refractivity contribution in [3.63, 3.8) is 0 Å². The number of nitrogen functional groups attached to an aromatic ring is 1. The summed E-state index contributed by atoms with van der Waals surface area (Å²) >= 11 is 0. The maximum absolute atomic E-state index is 13.2. The smallest absolute Gasteiger partial charge is 0.255 e. The van der Waals surface area contributed by atoms with Gasteiger partial charge in [-0.3, -0.25) is 4.79 Å². The summed E-state index contributed by atoms with van der Waals surface area (Å²) in [5, 5.41) is 0. The fourth-order valence-corrected chi connectivity index (χ4v) is 2.32. The molecular formula is C14H20FN3O. The van der Waals surface area contributed by atoms with Crippen molar-refractivity contribution in [2.24, 2.45) is 0 Å². The Morgan fingerprint density at radius 1 is 1.42 bits per heavy atom. The first-order chi connectivity index (χ1) is 9.08. The molecule has 1 aromatic carbocycles. The number of anilines is 1. The molecule has 0 radical (unpaired) electrons. The van der Waals surface area contributed by atoms with E-state index in [1.807, 2.05) is 0 Å². The predicted octanol–water partition coefficient (Wildman–Crippen LogP) is 1.58. The largest absolute Gasteiger partial charge is 0.398 e. The minimum atomic E-state index is -0.439. The van der Waals surface area contributed by atoms with Crippen molar-refractivity contribution in [2.75, 3.05) is 39.0 Å². The van der Waals surface area contributed by atoms with E-state index >= 15 is 0 Å². The highest BCUT2D eigenvalue weighted by molar-refractivity contribution is 5.98. The van der Waals surface area contributed by atoms with Gasteiger partial charge in [-0.2, -0.15) is 0 Å². The van der Waals surface area contributed by atoms with Gasteiger partial charge in [-0.05, 0) is 44.1 Å². The van der Waals surface area contributed by atoms with Crippen molar-refractivity contribution < 1.29 is 9.18 Å². The zero-order valence-corrected chi connectivity index (χ0v) is 11.2. The number of hydrogen-bond acceptors (Lipinski definition) is 3. The molecule has 19 heavy (non-hydrogen) atoms. The Bertz CT molecular complexity index is 458. The molecule has 1 heterocycles. The van der Waals surface area contributed by atoms with E-state index in [1.165, 1.54) is 31.0 Å². The van der Waals surface area contributed by atoms with Gasteiger partial charge >= 0.3 is 0 Å². The summed E-state index contributed by atoms with van der Waals surface area (Å²) in [4.78, 5) is 16.1. The van der Waals surface area contributed by atoms with E-state index in [4.69, 9.17) is 5.73 Å². The van der Waals surface area contributed by atoms with Gasteiger partial charge in [0, 0.05) is 25.8 Å². The molecule has 0 bridgehead atoms.